The molecule has 1 atom stereocenters. The Morgan fingerprint density at radius 3 is 2.54 bits per heavy atom. The molecule has 6 heteroatoms. The summed E-state index contributed by atoms with van der Waals surface area (Å²) in [6.45, 7) is 10.8. The van der Waals surface area contributed by atoms with Crippen LogP contribution in [0.5, 0.6) is 5.75 Å². The molecule has 0 aliphatic carbocycles. The number of nitrogens with one attached hydrogen (secondary N) is 2. The molecule has 1 aromatic rings. The largest absolute Gasteiger partial charge is 0.497 e. The van der Waals surface area contributed by atoms with Gasteiger partial charge in [-0.2, -0.15) is 0 Å². The minimum absolute atomic E-state index is 0.513. The van der Waals surface area contributed by atoms with Gasteiger partial charge in [-0.3, -0.25) is 9.89 Å². The van der Waals surface area contributed by atoms with Crippen LogP contribution in [0.2, 0.25) is 0 Å². The minimum atomic E-state index is 0.513. The summed E-state index contributed by atoms with van der Waals surface area (Å²) >= 11 is 0. The van der Waals surface area contributed by atoms with E-state index in [0.717, 1.165) is 51.0 Å². The molecule has 1 aliphatic heterocycles. The van der Waals surface area contributed by atoms with Crippen molar-refractivity contribution in [3.05, 3.63) is 29.8 Å². The van der Waals surface area contributed by atoms with E-state index >= 15 is 0 Å². The molecule has 1 heterocycles. The Hall–Kier alpha value is -1.79. The molecule has 2 rings (SSSR count). The van der Waals surface area contributed by atoms with Gasteiger partial charge in [-0.05, 0) is 30.7 Å². The predicted molar refractivity (Wildman–Crippen MR) is 109 cm³/mol. The van der Waals surface area contributed by atoms with Crippen LogP contribution in [0.3, 0.4) is 0 Å². The van der Waals surface area contributed by atoms with Crippen LogP contribution in [0.15, 0.2) is 29.3 Å². The Balaban J connectivity index is 1.85. The Morgan fingerprint density at radius 2 is 1.92 bits per heavy atom. The Kier molecular flexibility index (Phi) is 8.19. The minimum Gasteiger partial charge on any atom is -0.497 e. The average molecular weight is 362 g/mol. The molecule has 0 saturated carbocycles. The lowest BCUT2D eigenvalue weighted by atomic mass is 10.0. The van der Waals surface area contributed by atoms with Crippen LogP contribution in [0.1, 0.15) is 19.4 Å². The second-order valence-electron chi connectivity index (χ2n) is 7.31. The third-order valence-electron chi connectivity index (χ3n) is 5.07. The zero-order chi connectivity index (χ0) is 18.9. The average Bonchev–Trinajstić information content (AvgIpc) is 2.65. The summed E-state index contributed by atoms with van der Waals surface area (Å²) < 4.78 is 5.29. The van der Waals surface area contributed by atoms with Crippen LogP contribution in [0, 0.1) is 5.92 Å². The van der Waals surface area contributed by atoms with Gasteiger partial charge in [0.15, 0.2) is 5.96 Å². The SMILES string of the molecule is CN=C(NCc1cccc(OC)c1)NCC(C(C)C)N1CCN(C)CC1. The fourth-order valence-electron chi connectivity index (χ4n) is 3.33. The van der Waals surface area contributed by atoms with Crippen LogP contribution in [0.4, 0.5) is 0 Å². The fraction of sp³-hybridized carbons (Fsp3) is 0.650. The first-order valence-corrected chi connectivity index (χ1v) is 9.53. The van der Waals surface area contributed by atoms with E-state index in [4.69, 9.17) is 4.74 Å². The molecule has 1 fully saturated rings. The monoisotopic (exact) mass is 361 g/mol. The Labute approximate surface area is 158 Å². The highest BCUT2D eigenvalue weighted by Crippen LogP contribution is 2.13. The quantitative estimate of drug-likeness (QED) is 0.571. The maximum atomic E-state index is 5.29. The van der Waals surface area contributed by atoms with Crippen LogP contribution in [-0.4, -0.2) is 75.7 Å². The number of piperazine rings is 1. The predicted octanol–water partition coefficient (Wildman–Crippen LogP) is 1.63. The number of guanidine groups is 1. The number of methoxy groups -OCH3 is 1. The third-order valence-corrected chi connectivity index (χ3v) is 5.07. The highest BCUT2D eigenvalue weighted by Gasteiger charge is 2.24. The number of rotatable bonds is 7. The maximum absolute atomic E-state index is 5.29. The van der Waals surface area contributed by atoms with Crippen molar-refractivity contribution in [3.63, 3.8) is 0 Å². The van der Waals surface area contributed by atoms with Crippen molar-refractivity contribution < 1.29 is 4.74 Å². The zero-order valence-corrected chi connectivity index (χ0v) is 17.0. The highest BCUT2D eigenvalue weighted by molar-refractivity contribution is 5.79. The summed E-state index contributed by atoms with van der Waals surface area (Å²) in [6.07, 6.45) is 0. The Morgan fingerprint density at radius 1 is 1.19 bits per heavy atom. The first-order valence-electron chi connectivity index (χ1n) is 9.53. The van der Waals surface area contributed by atoms with Gasteiger partial charge in [-0.15, -0.1) is 0 Å². The number of nitrogens with zero attached hydrogens (tertiary/aromatic N) is 3. The van der Waals surface area contributed by atoms with E-state index in [2.05, 4.69) is 52.4 Å². The van der Waals surface area contributed by atoms with Gasteiger partial charge >= 0.3 is 0 Å². The van der Waals surface area contributed by atoms with Crippen molar-refractivity contribution in [2.75, 3.05) is 53.9 Å². The van der Waals surface area contributed by atoms with Crippen LogP contribution < -0.4 is 15.4 Å². The first kappa shape index (κ1) is 20.5. The standard InChI is InChI=1S/C20H35N5O/c1-16(2)19(25-11-9-24(4)10-12-25)15-23-20(21-3)22-14-17-7-6-8-18(13-17)26-5/h6-8,13,16,19H,9-12,14-15H2,1-5H3,(H2,21,22,23). The van der Waals surface area contributed by atoms with E-state index in [1.807, 2.05) is 25.2 Å². The van der Waals surface area contributed by atoms with Crippen molar-refractivity contribution >= 4 is 5.96 Å². The summed E-state index contributed by atoms with van der Waals surface area (Å²) in [5.41, 5.74) is 1.17. The lowest BCUT2D eigenvalue weighted by Crippen LogP contribution is -2.55. The summed E-state index contributed by atoms with van der Waals surface area (Å²) in [6, 6.07) is 8.61. The second-order valence-corrected chi connectivity index (χ2v) is 7.31. The summed E-state index contributed by atoms with van der Waals surface area (Å²) in [5.74, 6) is 2.32. The van der Waals surface area contributed by atoms with Gasteiger partial charge in [0.25, 0.3) is 0 Å². The van der Waals surface area contributed by atoms with Crippen molar-refractivity contribution in [1.29, 1.82) is 0 Å². The van der Waals surface area contributed by atoms with Crippen molar-refractivity contribution in [1.82, 2.24) is 20.4 Å². The molecule has 0 amide bonds. The summed E-state index contributed by atoms with van der Waals surface area (Å²) in [5, 5.41) is 6.91. The highest BCUT2D eigenvalue weighted by atomic mass is 16.5. The number of hydrogen-bond acceptors (Lipinski definition) is 4. The molecule has 2 N–H and O–H groups in total. The maximum Gasteiger partial charge on any atom is 0.191 e. The smallest absolute Gasteiger partial charge is 0.191 e. The molecule has 1 unspecified atom stereocenters. The molecule has 0 aromatic heterocycles. The summed E-state index contributed by atoms with van der Waals surface area (Å²) in [4.78, 5) is 9.37. The van der Waals surface area contributed by atoms with Gasteiger partial charge in [-0.1, -0.05) is 26.0 Å². The molecule has 1 saturated heterocycles. The van der Waals surface area contributed by atoms with E-state index < -0.39 is 0 Å². The van der Waals surface area contributed by atoms with E-state index in [1.54, 1.807) is 7.11 Å². The van der Waals surface area contributed by atoms with E-state index in [0.29, 0.717) is 12.0 Å². The molecule has 0 radical (unpaired) electrons. The molecule has 6 nitrogen and oxygen atoms in total. The van der Waals surface area contributed by atoms with E-state index in [9.17, 15) is 0 Å². The van der Waals surface area contributed by atoms with Gasteiger partial charge in [-0.25, -0.2) is 0 Å². The topological polar surface area (TPSA) is 52.1 Å². The lowest BCUT2D eigenvalue weighted by Gasteiger charge is -2.40. The van der Waals surface area contributed by atoms with Gasteiger partial charge in [0.1, 0.15) is 5.75 Å². The summed E-state index contributed by atoms with van der Waals surface area (Å²) in [7, 11) is 5.71. The fourth-order valence-corrected chi connectivity index (χ4v) is 3.33. The molecular formula is C20H35N5O. The van der Waals surface area contributed by atoms with Crippen LogP contribution in [0.25, 0.3) is 0 Å². The van der Waals surface area contributed by atoms with E-state index in [-0.39, 0.29) is 0 Å². The molecule has 0 bridgehead atoms. The van der Waals surface area contributed by atoms with Gasteiger partial charge < -0.3 is 20.3 Å². The second kappa shape index (κ2) is 10.4. The van der Waals surface area contributed by atoms with Crippen LogP contribution in [-0.2, 0) is 6.54 Å². The van der Waals surface area contributed by atoms with Crippen LogP contribution >= 0.6 is 0 Å². The molecular weight excluding hydrogens is 326 g/mol. The van der Waals surface area contributed by atoms with Gasteiger partial charge in [0.2, 0.25) is 0 Å². The normalized spacial score (nSPS) is 18.0. The number of benzene rings is 1. The van der Waals surface area contributed by atoms with E-state index in [1.165, 1.54) is 5.56 Å². The number of ether oxygens (including phenoxy) is 1. The van der Waals surface area contributed by atoms with Crippen molar-refractivity contribution in [2.45, 2.75) is 26.4 Å². The van der Waals surface area contributed by atoms with Gasteiger partial charge in [0.05, 0.1) is 7.11 Å². The van der Waals surface area contributed by atoms with Gasteiger partial charge in [0, 0.05) is 52.4 Å². The first-order chi connectivity index (χ1) is 12.5. The number of hydrogen-bond donors (Lipinski definition) is 2. The molecule has 146 valence electrons. The molecule has 1 aliphatic rings. The molecule has 1 aromatic carbocycles. The molecule has 0 spiro atoms. The number of likely N-dealkylation sites (N-methyl/N-ethyl adjacent to an activating group) is 1. The Bertz CT molecular complexity index is 567. The van der Waals surface area contributed by atoms with Crippen molar-refractivity contribution in [3.8, 4) is 5.75 Å². The van der Waals surface area contributed by atoms with Crippen molar-refractivity contribution in [2.24, 2.45) is 10.9 Å². The number of aliphatic imine (C=N–C) groups is 1. The zero-order valence-electron chi connectivity index (χ0n) is 17.0. The third kappa shape index (κ3) is 6.18. The molecule has 26 heavy (non-hydrogen) atoms. The lowest BCUT2D eigenvalue weighted by molar-refractivity contribution is 0.0900.